The lowest BCUT2D eigenvalue weighted by atomic mass is 9.74. The van der Waals surface area contributed by atoms with E-state index in [2.05, 4.69) is 10.6 Å². The van der Waals surface area contributed by atoms with Gasteiger partial charge in [0.2, 0.25) is 5.91 Å². The fourth-order valence-corrected chi connectivity index (χ4v) is 2.27. The van der Waals surface area contributed by atoms with E-state index in [1.165, 1.54) is 0 Å². The number of likely N-dealkylation sites (N-methyl/N-ethyl adjacent to an activating group) is 1. The fourth-order valence-electron chi connectivity index (χ4n) is 2.27. The first-order valence-corrected chi connectivity index (χ1v) is 6.21. The summed E-state index contributed by atoms with van der Waals surface area (Å²) in [4.78, 5) is 12.0. The molecular weight excluding hydrogens is 202 g/mol. The summed E-state index contributed by atoms with van der Waals surface area (Å²) in [6, 6.07) is 0.302. The van der Waals surface area contributed by atoms with Gasteiger partial charge in [-0.15, -0.1) is 0 Å². The molecule has 1 aliphatic rings. The molecule has 4 N–H and O–H groups in total. The maximum atomic E-state index is 12.0. The van der Waals surface area contributed by atoms with E-state index in [0.717, 1.165) is 25.7 Å². The number of amides is 1. The summed E-state index contributed by atoms with van der Waals surface area (Å²) in [6.45, 7) is 4.71. The number of rotatable bonds is 4. The third kappa shape index (κ3) is 3.46. The lowest BCUT2D eigenvalue weighted by Gasteiger charge is -2.37. The molecule has 0 heterocycles. The molecule has 1 rings (SSSR count). The van der Waals surface area contributed by atoms with E-state index in [9.17, 15) is 4.79 Å². The highest BCUT2D eigenvalue weighted by atomic mass is 16.1. The minimum absolute atomic E-state index is 0.0229. The van der Waals surface area contributed by atoms with Crippen molar-refractivity contribution in [1.82, 2.24) is 10.6 Å². The van der Waals surface area contributed by atoms with Gasteiger partial charge in [-0.2, -0.15) is 0 Å². The van der Waals surface area contributed by atoms with Crippen LogP contribution in [-0.4, -0.2) is 31.1 Å². The summed E-state index contributed by atoms with van der Waals surface area (Å²) in [5.74, 6) is 0.0945. The first-order chi connectivity index (χ1) is 7.47. The number of hydrogen-bond acceptors (Lipinski definition) is 3. The van der Waals surface area contributed by atoms with Gasteiger partial charge in [-0.1, -0.05) is 12.8 Å². The lowest BCUT2D eigenvalue weighted by Crippen LogP contribution is -2.53. The number of hydrogen-bond donors (Lipinski definition) is 3. The van der Waals surface area contributed by atoms with E-state index in [-0.39, 0.29) is 17.4 Å². The van der Waals surface area contributed by atoms with Crippen molar-refractivity contribution in [2.45, 2.75) is 51.1 Å². The fraction of sp³-hybridized carbons (Fsp3) is 0.917. The molecule has 0 spiro atoms. The largest absolute Gasteiger partial charge is 0.354 e. The zero-order valence-electron chi connectivity index (χ0n) is 10.7. The first-order valence-electron chi connectivity index (χ1n) is 6.21. The van der Waals surface area contributed by atoms with Gasteiger partial charge >= 0.3 is 0 Å². The minimum Gasteiger partial charge on any atom is -0.354 e. The van der Waals surface area contributed by atoms with Crippen LogP contribution in [0.25, 0.3) is 0 Å². The molecule has 3 unspecified atom stereocenters. The molecule has 3 atom stereocenters. The van der Waals surface area contributed by atoms with Gasteiger partial charge in [-0.25, -0.2) is 0 Å². The van der Waals surface area contributed by atoms with Crippen molar-refractivity contribution in [2.24, 2.45) is 11.7 Å². The average molecular weight is 227 g/mol. The van der Waals surface area contributed by atoms with Gasteiger partial charge in [0.1, 0.15) is 0 Å². The van der Waals surface area contributed by atoms with Gasteiger partial charge < -0.3 is 16.4 Å². The van der Waals surface area contributed by atoms with E-state index in [4.69, 9.17) is 5.73 Å². The topological polar surface area (TPSA) is 67.1 Å². The van der Waals surface area contributed by atoms with Crippen LogP contribution in [0.1, 0.15) is 39.5 Å². The maximum absolute atomic E-state index is 12.0. The predicted molar refractivity (Wildman–Crippen MR) is 66.1 cm³/mol. The zero-order valence-corrected chi connectivity index (χ0v) is 10.7. The van der Waals surface area contributed by atoms with Crippen LogP contribution in [-0.2, 0) is 4.79 Å². The average Bonchev–Trinajstić information content (AvgIpc) is 2.24. The van der Waals surface area contributed by atoms with Gasteiger partial charge in [0.25, 0.3) is 0 Å². The van der Waals surface area contributed by atoms with Gasteiger partial charge in [0, 0.05) is 18.1 Å². The summed E-state index contributed by atoms with van der Waals surface area (Å²) >= 11 is 0. The second kappa shape index (κ2) is 5.64. The highest BCUT2D eigenvalue weighted by Gasteiger charge is 2.37. The van der Waals surface area contributed by atoms with Crippen molar-refractivity contribution in [3.63, 3.8) is 0 Å². The summed E-state index contributed by atoms with van der Waals surface area (Å²) in [5, 5.41) is 6.08. The SMILES string of the molecule is CNC(C)CNC(=O)C1CCCCC1(C)N. The highest BCUT2D eigenvalue weighted by Crippen LogP contribution is 2.31. The molecule has 4 nitrogen and oxygen atoms in total. The number of carbonyl (C=O) groups is 1. The van der Waals surface area contributed by atoms with Gasteiger partial charge in [-0.3, -0.25) is 4.79 Å². The number of carbonyl (C=O) groups excluding carboxylic acids is 1. The summed E-state index contributed by atoms with van der Waals surface area (Å²) in [6.07, 6.45) is 4.13. The second-order valence-corrected chi connectivity index (χ2v) is 5.24. The standard InChI is InChI=1S/C12H25N3O/c1-9(14-3)8-15-11(16)10-6-4-5-7-12(10,2)13/h9-10,14H,4-8,13H2,1-3H3,(H,15,16). The Labute approximate surface area is 98.3 Å². The molecule has 94 valence electrons. The maximum Gasteiger partial charge on any atom is 0.225 e. The van der Waals surface area contributed by atoms with Crippen molar-refractivity contribution in [1.29, 1.82) is 0 Å². The quantitative estimate of drug-likeness (QED) is 0.659. The molecule has 0 radical (unpaired) electrons. The van der Waals surface area contributed by atoms with Crippen molar-refractivity contribution in [2.75, 3.05) is 13.6 Å². The second-order valence-electron chi connectivity index (χ2n) is 5.24. The van der Waals surface area contributed by atoms with Crippen molar-refractivity contribution in [3.8, 4) is 0 Å². The normalized spacial score (nSPS) is 32.1. The van der Waals surface area contributed by atoms with Crippen LogP contribution in [0.4, 0.5) is 0 Å². The molecule has 0 aromatic carbocycles. The Kier molecular flexibility index (Phi) is 4.74. The Morgan fingerprint density at radius 2 is 2.25 bits per heavy atom. The molecule has 1 aliphatic carbocycles. The van der Waals surface area contributed by atoms with Crippen LogP contribution in [0.2, 0.25) is 0 Å². The molecule has 0 bridgehead atoms. The predicted octanol–water partition coefficient (Wildman–Crippen LogP) is 0.618. The molecule has 4 heteroatoms. The molecule has 0 aromatic heterocycles. The molecule has 16 heavy (non-hydrogen) atoms. The van der Waals surface area contributed by atoms with E-state index in [0.29, 0.717) is 12.6 Å². The van der Waals surface area contributed by atoms with Crippen LogP contribution in [0.15, 0.2) is 0 Å². The Morgan fingerprint density at radius 1 is 1.56 bits per heavy atom. The number of nitrogens with one attached hydrogen (secondary N) is 2. The molecule has 1 fully saturated rings. The van der Waals surface area contributed by atoms with E-state index < -0.39 is 0 Å². The molecule has 0 aliphatic heterocycles. The first kappa shape index (κ1) is 13.5. The molecule has 0 saturated heterocycles. The van der Waals surface area contributed by atoms with Gasteiger partial charge in [0.05, 0.1) is 5.92 Å². The molecule has 1 amide bonds. The Hall–Kier alpha value is -0.610. The molecule has 0 aromatic rings. The van der Waals surface area contributed by atoms with E-state index in [1.54, 1.807) is 0 Å². The minimum atomic E-state index is -0.328. The smallest absolute Gasteiger partial charge is 0.225 e. The van der Waals surface area contributed by atoms with E-state index in [1.807, 2.05) is 20.9 Å². The van der Waals surface area contributed by atoms with Gasteiger partial charge in [0.15, 0.2) is 0 Å². The van der Waals surface area contributed by atoms with Crippen LogP contribution < -0.4 is 16.4 Å². The Balaban J connectivity index is 2.46. The number of nitrogens with two attached hydrogens (primary N) is 1. The van der Waals surface area contributed by atoms with Crippen LogP contribution >= 0.6 is 0 Å². The van der Waals surface area contributed by atoms with Crippen LogP contribution in [0.3, 0.4) is 0 Å². The monoisotopic (exact) mass is 227 g/mol. The molecular formula is C12H25N3O. The Bertz CT molecular complexity index is 240. The summed E-state index contributed by atoms with van der Waals surface area (Å²) in [5.41, 5.74) is 5.86. The van der Waals surface area contributed by atoms with E-state index >= 15 is 0 Å². The third-order valence-corrected chi connectivity index (χ3v) is 3.65. The van der Waals surface area contributed by atoms with Gasteiger partial charge in [-0.05, 0) is 33.7 Å². The molecule has 1 saturated carbocycles. The highest BCUT2D eigenvalue weighted by molar-refractivity contribution is 5.80. The van der Waals surface area contributed by atoms with Crippen molar-refractivity contribution < 1.29 is 4.79 Å². The zero-order chi connectivity index (χ0) is 12.2. The summed E-state index contributed by atoms with van der Waals surface area (Å²) in [7, 11) is 1.89. The van der Waals surface area contributed by atoms with Crippen molar-refractivity contribution in [3.05, 3.63) is 0 Å². The Morgan fingerprint density at radius 3 is 2.81 bits per heavy atom. The third-order valence-electron chi connectivity index (χ3n) is 3.65. The van der Waals surface area contributed by atoms with Crippen LogP contribution in [0, 0.1) is 5.92 Å². The van der Waals surface area contributed by atoms with Crippen LogP contribution in [0.5, 0.6) is 0 Å². The lowest BCUT2D eigenvalue weighted by molar-refractivity contribution is -0.128. The van der Waals surface area contributed by atoms with Crippen molar-refractivity contribution >= 4 is 5.91 Å². The summed E-state index contributed by atoms with van der Waals surface area (Å²) < 4.78 is 0.